The van der Waals surface area contributed by atoms with Gasteiger partial charge in [-0.2, -0.15) is 0 Å². The quantitative estimate of drug-likeness (QED) is 0.707. The van der Waals surface area contributed by atoms with E-state index in [2.05, 4.69) is 67.0 Å². The van der Waals surface area contributed by atoms with Crippen LogP contribution in [0.1, 0.15) is 43.9 Å². The summed E-state index contributed by atoms with van der Waals surface area (Å²) in [5, 5.41) is 7.17. The molecule has 0 radical (unpaired) electrons. The summed E-state index contributed by atoms with van der Waals surface area (Å²) in [4.78, 5) is 4.78. The normalized spacial score (nSPS) is 21.0. The second kappa shape index (κ2) is 9.26. The molecule has 0 bridgehead atoms. The Balaban J connectivity index is 1.81. The lowest BCUT2D eigenvalue weighted by atomic mass is 9.95. The van der Waals surface area contributed by atoms with Gasteiger partial charge in [0, 0.05) is 5.56 Å². The summed E-state index contributed by atoms with van der Waals surface area (Å²) >= 11 is 0. The number of para-hydroxylation sites is 1. The molecule has 0 aliphatic carbocycles. The number of ether oxygens (including phenoxy) is 1. The van der Waals surface area contributed by atoms with Crippen molar-refractivity contribution in [3.8, 4) is 5.75 Å². The molecule has 1 saturated heterocycles. The smallest absolute Gasteiger partial charge is 0.192 e. The summed E-state index contributed by atoms with van der Waals surface area (Å²) in [5.41, 5.74) is 3.69. The molecule has 2 aromatic carbocycles. The number of nitrogens with one attached hydrogen (secondary N) is 2. The van der Waals surface area contributed by atoms with Gasteiger partial charge in [-0.3, -0.25) is 0 Å². The highest BCUT2D eigenvalue weighted by molar-refractivity contribution is 5.84. The zero-order chi connectivity index (χ0) is 19.1. The maximum atomic E-state index is 5.44. The van der Waals surface area contributed by atoms with Gasteiger partial charge in [0.2, 0.25) is 0 Å². The summed E-state index contributed by atoms with van der Waals surface area (Å²) in [6.45, 7) is 4.98. The SMILES string of the molecule is CCC/C=C(\C)C1NC(=NCc2ccccc2OC)N[C@H]1c1ccccc1. The van der Waals surface area contributed by atoms with Crippen molar-refractivity contribution in [3.05, 3.63) is 77.4 Å². The van der Waals surface area contributed by atoms with Gasteiger partial charge in [-0.05, 0) is 25.0 Å². The molecule has 3 rings (SSSR count). The Labute approximate surface area is 162 Å². The topological polar surface area (TPSA) is 45.7 Å². The molecule has 4 nitrogen and oxygen atoms in total. The van der Waals surface area contributed by atoms with E-state index in [0.717, 1.165) is 30.1 Å². The molecule has 27 heavy (non-hydrogen) atoms. The second-order valence-electron chi connectivity index (χ2n) is 6.87. The van der Waals surface area contributed by atoms with Crippen LogP contribution in [0.15, 0.2) is 71.2 Å². The number of hydrogen-bond donors (Lipinski definition) is 2. The molecule has 1 fully saturated rings. The largest absolute Gasteiger partial charge is 0.496 e. The molecule has 0 aromatic heterocycles. The van der Waals surface area contributed by atoms with Crippen LogP contribution in [0.2, 0.25) is 0 Å². The predicted octanol–water partition coefficient (Wildman–Crippen LogP) is 4.60. The van der Waals surface area contributed by atoms with Crippen molar-refractivity contribution in [2.75, 3.05) is 7.11 Å². The van der Waals surface area contributed by atoms with Crippen LogP contribution in [-0.4, -0.2) is 19.1 Å². The van der Waals surface area contributed by atoms with Crippen LogP contribution in [0, 0.1) is 0 Å². The monoisotopic (exact) mass is 363 g/mol. The lowest BCUT2D eigenvalue weighted by Gasteiger charge is -2.20. The average Bonchev–Trinajstić information content (AvgIpc) is 3.15. The van der Waals surface area contributed by atoms with Crippen LogP contribution in [0.25, 0.3) is 0 Å². The minimum Gasteiger partial charge on any atom is -0.496 e. The molecule has 0 spiro atoms. The van der Waals surface area contributed by atoms with Crippen LogP contribution < -0.4 is 15.4 Å². The van der Waals surface area contributed by atoms with E-state index < -0.39 is 0 Å². The van der Waals surface area contributed by atoms with Gasteiger partial charge in [0.25, 0.3) is 0 Å². The molecule has 1 unspecified atom stereocenters. The number of unbranched alkanes of at least 4 members (excludes halogenated alkanes) is 1. The van der Waals surface area contributed by atoms with E-state index in [9.17, 15) is 0 Å². The maximum Gasteiger partial charge on any atom is 0.192 e. The molecule has 0 amide bonds. The predicted molar refractivity (Wildman–Crippen MR) is 112 cm³/mol. The molecule has 4 heteroatoms. The minimum atomic E-state index is 0.177. The maximum absolute atomic E-state index is 5.44. The van der Waals surface area contributed by atoms with Crippen molar-refractivity contribution in [3.63, 3.8) is 0 Å². The highest BCUT2D eigenvalue weighted by Gasteiger charge is 2.32. The van der Waals surface area contributed by atoms with Crippen LogP contribution in [0.5, 0.6) is 5.75 Å². The molecule has 142 valence electrons. The molecule has 2 N–H and O–H groups in total. The number of methoxy groups -OCH3 is 1. The highest BCUT2D eigenvalue weighted by Crippen LogP contribution is 2.26. The zero-order valence-corrected chi connectivity index (χ0v) is 16.4. The summed E-state index contributed by atoms with van der Waals surface area (Å²) in [6, 6.07) is 19.0. The van der Waals surface area contributed by atoms with E-state index in [1.165, 1.54) is 11.1 Å². The van der Waals surface area contributed by atoms with E-state index in [0.29, 0.717) is 6.54 Å². The number of aliphatic imine (C=N–C) groups is 1. The van der Waals surface area contributed by atoms with Gasteiger partial charge in [0.05, 0.1) is 25.7 Å². The van der Waals surface area contributed by atoms with E-state index in [-0.39, 0.29) is 12.1 Å². The Bertz CT molecular complexity index is 798. The van der Waals surface area contributed by atoms with Crippen molar-refractivity contribution in [1.82, 2.24) is 10.6 Å². The lowest BCUT2D eigenvalue weighted by Crippen LogP contribution is -2.29. The lowest BCUT2D eigenvalue weighted by molar-refractivity contribution is 0.410. The fraction of sp³-hybridized carbons (Fsp3) is 0.348. The summed E-state index contributed by atoms with van der Waals surface area (Å²) in [7, 11) is 1.70. The van der Waals surface area contributed by atoms with Crippen molar-refractivity contribution >= 4 is 5.96 Å². The Hall–Kier alpha value is -2.75. The van der Waals surface area contributed by atoms with Crippen molar-refractivity contribution in [2.45, 2.75) is 45.3 Å². The fourth-order valence-electron chi connectivity index (χ4n) is 3.40. The first-order valence-electron chi connectivity index (χ1n) is 9.64. The van der Waals surface area contributed by atoms with Gasteiger partial charge in [-0.25, -0.2) is 4.99 Å². The number of benzene rings is 2. The summed E-state index contributed by atoms with van der Waals surface area (Å²) in [6.07, 6.45) is 4.58. The molecule has 2 atom stereocenters. The Morgan fingerprint density at radius 1 is 1.07 bits per heavy atom. The van der Waals surface area contributed by atoms with Crippen LogP contribution in [0.4, 0.5) is 0 Å². The van der Waals surface area contributed by atoms with E-state index in [1.807, 2.05) is 18.2 Å². The number of nitrogens with zero attached hydrogens (tertiary/aromatic N) is 1. The molecule has 0 saturated carbocycles. The second-order valence-corrected chi connectivity index (χ2v) is 6.87. The van der Waals surface area contributed by atoms with Crippen LogP contribution in [-0.2, 0) is 6.54 Å². The standard InChI is InChI=1S/C23H29N3O/c1-4-5-11-17(2)21-22(18-12-7-6-8-13-18)26-23(25-21)24-16-19-14-9-10-15-20(19)27-3/h6-15,21-22H,4-5,16H2,1-3H3,(H2,24,25,26)/b17-11+/t21?,22-/m0/s1. The van der Waals surface area contributed by atoms with Gasteiger partial charge in [-0.1, -0.05) is 73.5 Å². The number of hydrogen-bond acceptors (Lipinski definition) is 2. The van der Waals surface area contributed by atoms with Gasteiger partial charge >= 0.3 is 0 Å². The number of allylic oxidation sites excluding steroid dienone is 1. The third kappa shape index (κ3) is 4.70. The van der Waals surface area contributed by atoms with Crippen molar-refractivity contribution in [1.29, 1.82) is 0 Å². The average molecular weight is 364 g/mol. The molecule has 1 heterocycles. The van der Waals surface area contributed by atoms with E-state index in [4.69, 9.17) is 9.73 Å². The fourth-order valence-corrected chi connectivity index (χ4v) is 3.40. The summed E-state index contributed by atoms with van der Waals surface area (Å²) < 4.78 is 5.44. The van der Waals surface area contributed by atoms with Crippen LogP contribution >= 0.6 is 0 Å². The van der Waals surface area contributed by atoms with E-state index in [1.54, 1.807) is 7.11 Å². The van der Waals surface area contributed by atoms with E-state index >= 15 is 0 Å². The number of guanidine groups is 1. The molecule has 1 aliphatic heterocycles. The Morgan fingerprint density at radius 2 is 1.81 bits per heavy atom. The van der Waals surface area contributed by atoms with Crippen molar-refractivity contribution < 1.29 is 4.74 Å². The van der Waals surface area contributed by atoms with Gasteiger partial charge in [0.15, 0.2) is 5.96 Å². The third-order valence-electron chi connectivity index (χ3n) is 4.92. The molecule has 2 aromatic rings. The van der Waals surface area contributed by atoms with Crippen molar-refractivity contribution in [2.24, 2.45) is 4.99 Å². The Kier molecular flexibility index (Phi) is 6.53. The number of rotatable bonds is 7. The third-order valence-corrected chi connectivity index (χ3v) is 4.92. The summed E-state index contributed by atoms with van der Waals surface area (Å²) in [5.74, 6) is 1.71. The molecular weight excluding hydrogens is 334 g/mol. The first-order valence-corrected chi connectivity index (χ1v) is 9.64. The van der Waals surface area contributed by atoms with Gasteiger partial charge < -0.3 is 15.4 Å². The minimum absolute atomic E-state index is 0.177. The first-order chi connectivity index (χ1) is 13.2. The molecule has 1 aliphatic rings. The Morgan fingerprint density at radius 3 is 2.56 bits per heavy atom. The van der Waals surface area contributed by atoms with Crippen LogP contribution in [0.3, 0.4) is 0 Å². The van der Waals surface area contributed by atoms with Gasteiger partial charge in [-0.15, -0.1) is 0 Å². The molecular formula is C23H29N3O. The zero-order valence-electron chi connectivity index (χ0n) is 16.4. The highest BCUT2D eigenvalue weighted by atomic mass is 16.5. The first kappa shape index (κ1) is 19.0. The van der Waals surface area contributed by atoms with Gasteiger partial charge in [0.1, 0.15) is 5.75 Å².